The normalized spacial score (nSPS) is 20.0. The highest BCUT2D eigenvalue weighted by atomic mass is 16.5. The number of anilines is 2. The number of amides is 1. The second-order valence-corrected chi connectivity index (χ2v) is 15.0. The molecule has 6 rings (SSSR count). The van der Waals surface area contributed by atoms with Crippen molar-refractivity contribution in [2.75, 3.05) is 30.9 Å². The topological polar surface area (TPSA) is 75.0 Å². The minimum Gasteiger partial charge on any atom is -0.484 e. The average Bonchev–Trinajstić information content (AvgIpc) is 3.44. The molecule has 4 aromatic rings. The Labute approximate surface area is 280 Å². The second-order valence-electron chi connectivity index (χ2n) is 15.0. The van der Waals surface area contributed by atoms with Crippen molar-refractivity contribution < 1.29 is 9.53 Å². The van der Waals surface area contributed by atoms with E-state index in [0.29, 0.717) is 18.4 Å². The van der Waals surface area contributed by atoms with Gasteiger partial charge in [-0.15, -0.1) is 10.2 Å². The molecule has 0 unspecified atom stereocenters. The molecule has 1 fully saturated rings. The van der Waals surface area contributed by atoms with Crippen molar-refractivity contribution in [1.82, 2.24) is 19.5 Å². The van der Waals surface area contributed by atoms with Gasteiger partial charge in [0, 0.05) is 31.2 Å². The van der Waals surface area contributed by atoms with Gasteiger partial charge in [-0.1, -0.05) is 51.1 Å². The predicted molar refractivity (Wildman–Crippen MR) is 190 cm³/mol. The first kappa shape index (κ1) is 33.0. The molecule has 8 nitrogen and oxygen atoms in total. The van der Waals surface area contributed by atoms with E-state index in [1.807, 2.05) is 12.1 Å². The third kappa shape index (κ3) is 7.81. The molecule has 3 atom stereocenters. The van der Waals surface area contributed by atoms with Gasteiger partial charge in [-0.3, -0.25) is 9.20 Å². The number of aromatic nitrogens is 3. The Morgan fingerprint density at radius 3 is 2.57 bits per heavy atom. The van der Waals surface area contributed by atoms with E-state index >= 15 is 0 Å². The standard InChI is InChI=1S/C39H52N6O2/c1-27-12-9-10-21-44(27)38-42-41-36-20-18-32(26-45(36)38)47-35-19-17-29(33-14-7-8-15-34(33)35)13-11-16-37(46)40-31-23-28(25-43(5)6)22-30(24-31)39(2,3)4/h7-8,14-15,18,20,22-24,26-27,29,35H,9-13,16-17,19,21,25H2,1-6H3,(H,40,46)/t27-,29-,35+/m0/s1. The van der Waals surface area contributed by atoms with Gasteiger partial charge >= 0.3 is 0 Å². The van der Waals surface area contributed by atoms with Crippen LogP contribution in [-0.2, 0) is 16.8 Å². The van der Waals surface area contributed by atoms with Crippen LogP contribution in [0.1, 0.15) is 113 Å². The lowest BCUT2D eigenvalue weighted by molar-refractivity contribution is -0.116. The minimum absolute atomic E-state index is 0.00984. The molecule has 2 aliphatic rings. The Bertz CT molecular complexity index is 1690. The summed E-state index contributed by atoms with van der Waals surface area (Å²) in [4.78, 5) is 17.6. The first-order valence-corrected chi connectivity index (χ1v) is 17.5. The Morgan fingerprint density at radius 1 is 1.00 bits per heavy atom. The van der Waals surface area contributed by atoms with E-state index in [2.05, 4.69) is 120 Å². The van der Waals surface area contributed by atoms with Crippen LogP contribution in [0.2, 0.25) is 0 Å². The molecule has 1 aliphatic heterocycles. The minimum atomic E-state index is -0.0107. The van der Waals surface area contributed by atoms with Gasteiger partial charge in [0.05, 0.1) is 6.20 Å². The van der Waals surface area contributed by atoms with Crippen molar-refractivity contribution >= 4 is 23.2 Å². The summed E-state index contributed by atoms with van der Waals surface area (Å²) in [5.41, 5.74) is 6.81. The number of nitrogens with one attached hydrogen (secondary N) is 1. The van der Waals surface area contributed by atoms with Crippen molar-refractivity contribution in [3.05, 3.63) is 83.0 Å². The maximum Gasteiger partial charge on any atom is 0.232 e. The maximum absolute atomic E-state index is 13.1. The Kier molecular flexibility index (Phi) is 9.88. The Morgan fingerprint density at radius 2 is 1.81 bits per heavy atom. The van der Waals surface area contributed by atoms with Gasteiger partial charge in [0.15, 0.2) is 5.65 Å². The van der Waals surface area contributed by atoms with E-state index in [1.54, 1.807) is 0 Å². The predicted octanol–water partition coefficient (Wildman–Crippen LogP) is 8.27. The summed E-state index contributed by atoms with van der Waals surface area (Å²) in [5.74, 6) is 2.24. The van der Waals surface area contributed by atoms with E-state index in [-0.39, 0.29) is 17.4 Å². The molecule has 1 N–H and O–H groups in total. The second kappa shape index (κ2) is 14.1. The number of carbonyl (C=O) groups is 1. The fourth-order valence-electron chi connectivity index (χ4n) is 7.33. The molecule has 0 radical (unpaired) electrons. The fourth-order valence-corrected chi connectivity index (χ4v) is 7.33. The summed E-state index contributed by atoms with van der Waals surface area (Å²) in [7, 11) is 4.15. The van der Waals surface area contributed by atoms with E-state index in [0.717, 1.165) is 61.8 Å². The van der Waals surface area contributed by atoms with E-state index < -0.39 is 0 Å². The van der Waals surface area contributed by atoms with Crippen molar-refractivity contribution in [1.29, 1.82) is 0 Å². The van der Waals surface area contributed by atoms with Crippen LogP contribution >= 0.6 is 0 Å². The lowest BCUT2D eigenvalue weighted by Gasteiger charge is -2.33. The highest BCUT2D eigenvalue weighted by Crippen LogP contribution is 2.42. The number of rotatable bonds is 10. The molecule has 0 bridgehead atoms. The van der Waals surface area contributed by atoms with Crippen molar-refractivity contribution in [3.63, 3.8) is 0 Å². The van der Waals surface area contributed by atoms with Gasteiger partial charge in [-0.05, 0) is 124 Å². The summed E-state index contributed by atoms with van der Waals surface area (Å²) in [6.07, 6.45) is 10.00. The molecule has 8 heteroatoms. The fraction of sp³-hybridized carbons (Fsp3) is 0.513. The van der Waals surface area contributed by atoms with E-state index in [9.17, 15) is 4.79 Å². The smallest absolute Gasteiger partial charge is 0.232 e. The number of piperidine rings is 1. The molecule has 2 aromatic heterocycles. The number of pyridine rings is 1. The van der Waals surface area contributed by atoms with Gasteiger partial charge in [0.25, 0.3) is 0 Å². The van der Waals surface area contributed by atoms with Crippen LogP contribution in [0.15, 0.2) is 60.8 Å². The molecule has 2 aromatic carbocycles. The molecular formula is C39H52N6O2. The first-order chi connectivity index (χ1) is 22.5. The molecule has 3 heterocycles. The molecule has 0 saturated carbocycles. The van der Waals surface area contributed by atoms with Crippen LogP contribution < -0.4 is 15.0 Å². The highest BCUT2D eigenvalue weighted by Gasteiger charge is 2.29. The van der Waals surface area contributed by atoms with Crippen LogP contribution in [0.25, 0.3) is 5.65 Å². The van der Waals surface area contributed by atoms with Crippen LogP contribution in [0, 0.1) is 0 Å². The molecule has 1 saturated heterocycles. The van der Waals surface area contributed by atoms with Crippen molar-refractivity contribution in [2.24, 2.45) is 0 Å². The van der Waals surface area contributed by atoms with Crippen LogP contribution in [-0.4, -0.2) is 52.1 Å². The zero-order valence-electron chi connectivity index (χ0n) is 29.1. The number of benzene rings is 2. The largest absolute Gasteiger partial charge is 0.484 e. The zero-order chi connectivity index (χ0) is 33.1. The maximum atomic E-state index is 13.1. The summed E-state index contributed by atoms with van der Waals surface area (Å²) < 4.78 is 8.78. The SMILES string of the molecule is C[C@H]1CCCCN1c1nnc2ccc(O[C@@H]3CC[C@H](CCCC(=O)Nc4cc(CN(C)C)cc(C(C)(C)C)c4)c4ccccc43)cn12. The van der Waals surface area contributed by atoms with Gasteiger partial charge in [0.1, 0.15) is 11.9 Å². The third-order valence-electron chi connectivity index (χ3n) is 9.85. The van der Waals surface area contributed by atoms with Crippen LogP contribution in [0.4, 0.5) is 11.6 Å². The molecule has 47 heavy (non-hydrogen) atoms. The molecule has 0 spiro atoms. The van der Waals surface area contributed by atoms with Crippen LogP contribution in [0.5, 0.6) is 5.75 Å². The number of fused-ring (bicyclic) bond motifs is 2. The van der Waals surface area contributed by atoms with Gasteiger partial charge in [-0.2, -0.15) is 0 Å². The van der Waals surface area contributed by atoms with E-state index in [1.165, 1.54) is 41.5 Å². The average molecular weight is 637 g/mol. The van der Waals surface area contributed by atoms with Crippen LogP contribution in [0.3, 0.4) is 0 Å². The van der Waals surface area contributed by atoms with Gasteiger partial charge < -0.3 is 19.9 Å². The molecule has 1 aliphatic carbocycles. The molecule has 1 amide bonds. The zero-order valence-corrected chi connectivity index (χ0v) is 29.1. The summed E-state index contributed by atoms with van der Waals surface area (Å²) in [6.45, 7) is 10.8. The number of ether oxygens (including phenoxy) is 1. The Hall–Kier alpha value is -3.91. The number of carbonyl (C=O) groups excluding carboxylic acids is 1. The van der Waals surface area contributed by atoms with E-state index in [4.69, 9.17) is 4.74 Å². The number of hydrogen-bond acceptors (Lipinski definition) is 6. The number of nitrogens with zero attached hydrogens (tertiary/aromatic N) is 5. The summed E-state index contributed by atoms with van der Waals surface area (Å²) in [6, 6.07) is 19.7. The first-order valence-electron chi connectivity index (χ1n) is 17.5. The highest BCUT2D eigenvalue weighted by molar-refractivity contribution is 5.90. The summed E-state index contributed by atoms with van der Waals surface area (Å²) in [5, 5.41) is 12.2. The summed E-state index contributed by atoms with van der Waals surface area (Å²) >= 11 is 0. The molecule has 250 valence electrons. The van der Waals surface area contributed by atoms with Crippen molar-refractivity contribution in [2.45, 2.75) is 109 Å². The number of hydrogen-bond donors (Lipinski definition) is 1. The monoisotopic (exact) mass is 636 g/mol. The van der Waals surface area contributed by atoms with Gasteiger partial charge in [-0.25, -0.2) is 0 Å². The lowest BCUT2D eigenvalue weighted by atomic mass is 9.79. The third-order valence-corrected chi connectivity index (χ3v) is 9.85. The molecular weight excluding hydrogens is 584 g/mol. The van der Waals surface area contributed by atoms with Crippen molar-refractivity contribution in [3.8, 4) is 5.75 Å². The lowest BCUT2D eigenvalue weighted by Crippen LogP contribution is -2.38. The van der Waals surface area contributed by atoms with Gasteiger partial charge in [0.2, 0.25) is 11.9 Å². The Balaban J connectivity index is 1.09. The quantitative estimate of drug-likeness (QED) is 0.189.